The van der Waals surface area contributed by atoms with Gasteiger partial charge in [-0.3, -0.25) is 4.79 Å². The molecule has 0 radical (unpaired) electrons. The van der Waals surface area contributed by atoms with Crippen LogP contribution in [0.2, 0.25) is 0 Å². The van der Waals surface area contributed by atoms with E-state index in [-0.39, 0.29) is 5.75 Å². The maximum atomic E-state index is 12.1. The second-order valence-electron chi connectivity index (χ2n) is 3.38. The maximum absolute atomic E-state index is 12.1. The summed E-state index contributed by atoms with van der Waals surface area (Å²) in [5, 5.41) is 0. The molecule has 18 heavy (non-hydrogen) atoms. The predicted octanol–water partition coefficient (Wildman–Crippen LogP) is 3.36. The van der Waals surface area contributed by atoms with Crippen LogP contribution in [-0.4, -0.2) is 23.2 Å². The first kappa shape index (κ1) is 15.1. The molecule has 3 nitrogen and oxygen atoms in total. The standard InChI is InChI=1S/C11H10F3IO3/c1-17-7-2-4-8(5-3-7)18-10(16)9(15)6-11(12,13)14/h2-5,9H,6H2,1H3. The van der Waals surface area contributed by atoms with Crippen LogP contribution in [0.1, 0.15) is 6.42 Å². The van der Waals surface area contributed by atoms with Gasteiger partial charge in [-0.15, -0.1) is 0 Å². The molecule has 0 amide bonds. The minimum atomic E-state index is -4.38. The number of carbonyl (C=O) groups is 1. The molecule has 1 aromatic rings. The second kappa shape index (κ2) is 6.26. The highest BCUT2D eigenvalue weighted by Crippen LogP contribution is 2.26. The molecule has 0 aliphatic rings. The van der Waals surface area contributed by atoms with Crippen LogP contribution >= 0.6 is 22.6 Å². The van der Waals surface area contributed by atoms with Crippen LogP contribution in [0.15, 0.2) is 24.3 Å². The van der Waals surface area contributed by atoms with Gasteiger partial charge in [0.2, 0.25) is 0 Å². The van der Waals surface area contributed by atoms with E-state index < -0.39 is 22.5 Å². The van der Waals surface area contributed by atoms with Gasteiger partial charge in [-0.1, -0.05) is 22.6 Å². The molecule has 7 heteroatoms. The lowest BCUT2D eigenvalue weighted by Crippen LogP contribution is -2.26. The van der Waals surface area contributed by atoms with Gasteiger partial charge in [0.1, 0.15) is 15.4 Å². The number of hydrogen-bond donors (Lipinski definition) is 0. The lowest BCUT2D eigenvalue weighted by molar-refractivity contribution is -0.148. The first-order valence-electron chi connectivity index (χ1n) is 4.88. The molecule has 0 saturated heterocycles. The molecule has 0 aliphatic carbocycles. The van der Waals surface area contributed by atoms with Crippen LogP contribution in [0.5, 0.6) is 11.5 Å². The molecule has 0 bridgehead atoms. The van der Waals surface area contributed by atoms with Crippen molar-refractivity contribution in [2.45, 2.75) is 16.5 Å². The van der Waals surface area contributed by atoms with Crippen molar-refractivity contribution in [3.8, 4) is 11.5 Å². The number of methoxy groups -OCH3 is 1. The maximum Gasteiger partial charge on any atom is 0.390 e. The molecule has 1 unspecified atom stereocenters. The van der Waals surface area contributed by atoms with Crippen LogP contribution in [-0.2, 0) is 4.79 Å². The molecule has 0 aliphatic heterocycles. The third-order valence-corrected chi connectivity index (χ3v) is 2.89. The number of rotatable bonds is 4. The summed E-state index contributed by atoms with van der Waals surface area (Å²) in [7, 11) is 1.48. The van der Waals surface area contributed by atoms with E-state index in [2.05, 4.69) is 0 Å². The Bertz CT molecular complexity index is 403. The number of benzene rings is 1. The number of halogens is 4. The van der Waals surface area contributed by atoms with Crippen molar-refractivity contribution in [2.24, 2.45) is 0 Å². The summed E-state index contributed by atoms with van der Waals surface area (Å²) in [5.41, 5.74) is 0. The van der Waals surface area contributed by atoms with E-state index in [4.69, 9.17) is 9.47 Å². The number of ether oxygens (including phenoxy) is 2. The van der Waals surface area contributed by atoms with Crippen molar-refractivity contribution in [3.63, 3.8) is 0 Å². The number of carbonyl (C=O) groups excluding carboxylic acids is 1. The lowest BCUT2D eigenvalue weighted by atomic mass is 10.3. The zero-order chi connectivity index (χ0) is 13.8. The molecule has 1 rings (SSSR count). The molecule has 100 valence electrons. The largest absolute Gasteiger partial charge is 0.497 e. The van der Waals surface area contributed by atoms with E-state index >= 15 is 0 Å². The molecular formula is C11H10F3IO3. The summed E-state index contributed by atoms with van der Waals surface area (Å²) in [5.74, 6) is -0.168. The number of hydrogen-bond acceptors (Lipinski definition) is 3. The average molecular weight is 374 g/mol. The van der Waals surface area contributed by atoms with E-state index in [0.29, 0.717) is 5.75 Å². The third kappa shape index (κ3) is 5.11. The Morgan fingerprint density at radius 1 is 1.28 bits per heavy atom. The van der Waals surface area contributed by atoms with Gasteiger partial charge in [0.15, 0.2) is 0 Å². The van der Waals surface area contributed by atoms with Gasteiger partial charge in [0, 0.05) is 0 Å². The second-order valence-corrected chi connectivity index (χ2v) is 4.89. The highest BCUT2D eigenvalue weighted by molar-refractivity contribution is 14.1. The summed E-state index contributed by atoms with van der Waals surface area (Å²) < 4.78 is 44.7. The molecule has 0 spiro atoms. The van der Waals surface area contributed by atoms with Crippen LogP contribution in [0.25, 0.3) is 0 Å². The van der Waals surface area contributed by atoms with Gasteiger partial charge < -0.3 is 9.47 Å². The van der Waals surface area contributed by atoms with Gasteiger partial charge in [-0.25, -0.2) is 0 Å². The van der Waals surface area contributed by atoms with E-state index in [1.807, 2.05) is 0 Å². The zero-order valence-corrected chi connectivity index (χ0v) is 11.5. The summed E-state index contributed by atoms with van der Waals surface area (Å²) in [4.78, 5) is 11.4. The van der Waals surface area contributed by atoms with Gasteiger partial charge in [-0.05, 0) is 24.3 Å². The fourth-order valence-electron chi connectivity index (χ4n) is 1.11. The zero-order valence-electron chi connectivity index (χ0n) is 9.33. The Morgan fingerprint density at radius 2 is 1.78 bits per heavy atom. The number of alkyl halides is 4. The first-order valence-corrected chi connectivity index (χ1v) is 6.13. The van der Waals surface area contributed by atoms with Crippen molar-refractivity contribution < 1.29 is 27.4 Å². The minimum Gasteiger partial charge on any atom is -0.497 e. The lowest BCUT2D eigenvalue weighted by Gasteiger charge is -2.12. The van der Waals surface area contributed by atoms with Gasteiger partial charge in [0.25, 0.3) is 0 Å². The summed E-state index contributed by atoms with van der Waals surface area (Å²) in [6, 6.07) is 6.00. The van der Waals surface area contributed by atoms with Crippen molar-refractivity contribution in [2.75, 3.05) is 7.11 Å². The fraction of sp³-hybridized carbons (Fsp3) is 0.364. The fourth-order valence-corrected chi connectivity index (χ4v) is 1.74. The van der Waals surface area contributed by atoms with Gasteiger partial charge >= 0.3 is 12.1 Å². The van der Waals surface area contributed by atoms with E-state index in [1.54, 1.807) is 12.1 Å². The molecule has 0 saturated carbocycles. The molecule has 0 N–H and O–H groups in total. The molecule has 0 fully saturated rings. The van der Waals surface area contributed by atoms with Crippen molar-refractivity contribution in [1.82, 2.24) is 0 Å². The van der Waals surface area contributed by atoms with Gasteiger partial charge in [0.05, 0.1) is 13.5 Å². The van der Waals surface area contributed by atoms with Crippen LogP contribution < -0.4 is 9.47 Å². The highest BCUT2D eigenvalue weighted by Gasteiger charge is 2.34. The van der Waals surface area contributed by atoms with Crippen molar-refractivity contribution in [3.05, 3.63) is 24.3 Å². The minimum absolute atomic E-state index is 0.185. The Hall–Kier alpha value is -0.990. The van der Waals surface area contributed by atoms with E-state index in [1.165, 1.54) is 41.8 Å². The quantitative estimate of drug-likeness (QED) is 0.351. The Kier molecular flexibility index (Phi) is 5.24. The monoisotopic (exact) mass is 374 g/mol. The van der Waals surface area contributed by atoms with Crippen molar-refractivity contribution in [1.29, 1.82) is 0 Å². The summed E-state index contributed by atoms with van der Waals surface area (Å²) in [6.07, 6.45) is -5.59. The average Bonchev–Trinajstić information content (AvgIpc) is 2.27. The van der Waals surface area contributed by atoms with Crippen molar-refractivity contribution >= 4 is 28.6 Å². The Labute approximate surface area is 115 Å². The van der Waals surface area contributed by atoms with E-state index in [9.17, 15) is 18.0 Å². The normalized spacial score (nSPS) is 12.9. The smallest absolute Gasteiger partial charge is 0.390 e. The molecule has 1 aromatic carbocycles. The molecule has 0 aromatic heterocycles. The van der Waals surface area contributed by atoms with Crippen LogP contribution in [0.3, 0.4) is 0 Å². The molecular weight excluding hydrogens is 364 g/mol. The topological polar surface area (TPSA) is 35.5 Å². The molecule has 0 heterocycles. The summed E-state index contributed by atoms with van der Waals surface area (Å²) >= 11 is 1.41. The van der Waals surface area contributed by atoms with Gasteiger partial charge in [-0.2, -0.15) is 13.2 Å². The number of esters is 1. The SMILES string of the molecule is COc1ccc(OC(=O)C(I)CC(F)(F)F)cc1. The van der Waals surface area contributed by atoms with Crippen LogP contribution in [0, 0.1) is 0 Å². The predicted molar refractivity (Wildman–Crippen MR) is 67.1 cm³/mol. The van der Waals surface area contributed by atoms with E-state index in [0.717, 1.165) is 0 Å². The highest BCUT2D eigenvalue weighted by atomic mass is 127. The third-order valence-electron chi connectivity index (χ3n) is 1.94. The Morgan fingerprint density at radius 3 is 2.22 bits per heavy atom. The van der Waals surface area contributed by atoms with Crippen LogP contribution in [0.4, 0.5) is 13.2 Å². The Balaban J connectivity index is 2.58. The summed E-state index contributed by atoms with van der Waals surface area (Å²) in [6.45, 7) is 0. The first-order chi connectivity index (χ1) is 8.31. The molecule has 1 atom stereocenters.